The summed E-state index contributed by atoms with van der Waals surface area (Å²) in [6, 6.07) is 8.99. The van der Waals surface area contributed by atoms with Crippen LogP contribution in [0, 0.1) is 5.92 Å². The number of likely N-dealkylation sites (tertiary alicyclic amines) is 1. The summed E-state index contributed by atoms with van der Waals surface area (Å²) >= 11 is 0. The van der Waals surface area contributed by atoms with Crippen LogP contribution in [0.4, 0.5) is 16.2 Å². The monoisotopic (exact) mass is 469 g/mol. The van der Waals surface area contributed by atoms with Gasteiger partial charge in [0.25, 0.3) is 0 Å². The summed E-state index contributed by atoms with van der Waals surface area (Å²) in [5, 5.41) is 0. The summed E-state index contributed by atoms with van der Waals surface area (Å²) in [7, 11) is 1.53. The molecule has 2 aliphatic heterocycles. The van der Waals surface area contributed by atoms with Crippen molar-refractivity contribution in [1.82, 2.24) is 9.88 Å². The van der Waals surface area contributed by atoms with Gasteiger partial charge in [-0.3, -0.25) is 9.69 Å². The van der Waals surface area contributed by atoms with Crippen molar-refractivity contribution in [2.24, 2.45) is 5.92 Å². The van der Waals surface area contributed by atoms with Gasteiger partial charge in [0.2, 0.25) is 11.8 Å². The highest BCUT2D eigenvalue weighted by molar-refractivity contribution is 6.03. The van der Waals surface area contributed by atoms with Gasteiger partial charge in [-0.05, 0) is 51.8 Å². The van der Waals surface area contributed by atoms with E-state index in [0.717, 1.165) is 0 Å². The molecule has 2 aromatic rings. The molecule has 1 fully saturated rings. The quantitative estimate of drug-likeness (QED) is 0.664. The molecule has 1 aromatic heterocycles. The number of methoxy groups -OCH3 is 1. The molecular weight excluding hydrogens is 438 g/mol. The molecule has 4 rings (SSSR count). The first kappa shape index (κ1) is 23.7. The lowest BCUT2D eigenvalue weighted by Crippen LogP contribution is -2.45. The van der Waals surface area contributed by atoms with Crippen molar-refractivity contribution >= 4 is 23.4 Å². The zero-order valence-corrected chi connectivity index (χ0v) is 20.1. The Morgan fingerprint density at radius 2 is 1.85 bits per heavy atom. The fourth-order valence-electron chi connectivity index (χ4n) is 4.09. The van der Waals surface area contributed by atoms with Crippen molar-refractivity contribution in [3.63, 3.8) is 0 Å². The van der Waals surface area contributed by atoms with E-state index < -0.39 is 5.60 Å². The van der Waals surface area contributed by atoms with Crippen LogP contribution in [0.5, 0.6) is 17.4 Å². The Balaban J connectivity index is 1.61. The van der Waals surface area contributed by atoms with E-state index in [1.54, 1.807) is 28.1 Å². The van der Waals surface area contributed by atoms with Crippen LogP contribution in [0.15, 0.2) is 36.5 Å². The lowest BCUT2D eigenvalue weighted by Gasteiger charge is -2.35. The predicted octanol–water partition coefficient (Wildman–Crippen LogP) is 4.17. The highest BCUT2D eigenvalue weighted by Gasteiger charge is 2.35. The zero-order valence-electron chi connectivity index (χ0n) is 20.1. The van der Waals surface area contributed by atoms with Crippen LogP contribution < -0.4 is 19.1 Å². The number of pyridine rings is 1. The van der Waals surface area contributed by atoms with E-state index >= 15 is 0 Å². The third kappa shape index (κ3) is 5.18. The van der Waals surface area contributed by atoms with E-state index in [9.17, 15) is 9.59 Å². The van der Waals surface area contributed by atoms with E-state index in [1.165, 1.54) is 7.11 Å². The highest BCUT2D eigenvalue weighted by atomic mass is 16.6. The number of carbonyl (C=O) groups excluding carboxylic acids is 2. The SMILES string of the molecule is COc1cc(N(C(=O)C2CCN(C(=O)OC(C)(C)C)CC2)c2cccc3c2OCCO3)ccn1. The fraction of sp³-hybridized carbons (Fsp3) is 0.480. The number of para-hydroxylation sites is 1. The first-order valence-corrected chi connectivity index (χ1v) is 11.5. The Labute approximate surface area is 199 Å². The van der Waals surface area contributed by atoms with Crippen molar-refractivity contribution in [1.29, 1.82) is 0 Å². The second-order valence-electron chi connectivity index (χ2n) is 9.27. The molecule has 0 aliphatic carbocycles. The number of benzene rings is 1. The number of aromatic nitrogens is 1. The van der Waals surface area contributed by atoms with E-state index in [4.69, 9.17) is 18.9 Å². The average Bonchev–Trinajstić information content (AvgIpc) is 2.83. The number of carbonyl (C=O) groups is 2. The molecule has 2 aliphatic rings. The average molecular weight is 470 g/mol. The Bertz CT molecular complexity index is 1040. The number of rotatable bonds is 4. The van der Waals surface area contributed by atoms with Crippen molar-refractivity contribution in [3.05, 3.63) is 36.5 Å². The van der Waals surface area contributed by atoms with Crippen LogP contribution in [-0.4, -0.2) is 60.9 Å². The summed E-state index contributed by atoms with van der Waals surface area (Å²) < 4.78 is 22.4. The van der Waals surface area contributed by atoms with E-state index in [-0.39, 0.29) is 17.9 Å². The summed E-state index contributed by atoms with van der Waals surface area (Å²) in [5.74, 6) is 1.17. The topological polar surface area (TPSA) is 90.4 Å². The van der Waals surface area contributed by atoms with Crippen molar-refractivity contribution in [2.45, 2.75) is 39.2 Å². The number of anilines is 2. The molecule has 0 bridgehead atoms. The molecular formula is C25H31N3O6. The number of amides is 2. The van der Waals surface area contributed by atoms with Gasteiger partial charge in [0.05, 0.1) is 18.5 Å². The van der Waals surface area contributed by atoms with Crippen LogP contribution in [0.1, 0.15) is 33.6 Å². The molecule has 9 heteroatoms. The molecule has 1 saturated heterocycles. The molecule has 0 radical (unpaired) electrons. The Hall–Kier alpha value is -3.49. The third-order valence-electron chi connectivity index (χ3n) is 5.69. The minimum Gasteiger partial charge on any atom is -0.486 e. The number of ether oxygens (including phenoxy) is 4. The minimum atomic E-state index is -0.560. The largest absolute Gasteiger partial charge is 0.486 e. The van der Waals surface area contributed by atoms with Gasteiger partial charge in [-0.25, -0.2) is 9.78 Å². The standard InChI is InChI=1S/C25H31N3O6/c1-25(2,3)34-24(30)27-12-9-17(10-13-27)23(29)28(18-8-11-26-21(16-18)31-4)19-6-5-7-20-22(19)33-15-14-32-20/h5-8,11,16-17H,9-10,12-15H2,1-4H3. The first-order valence-electron chi connectivity index (χ1n) is 11.5. The zero-order chi connectivity index (χ0) is 24.3. The van der Waals surface area contributed by atoms with Crippen LogP contribution in [0.2, 0.25) is 0 Å². The van der Waals surface area contributed by atoms with Crippen LogP contribution in [0.3, 0.4) is 0 Å². The second-order valence-corrected chi connectivity index (χ2v) is 9.27. The molecule has 0 unspecified atom stereocenters. The summed E-state index contributed by atoms with van der Waals surface area (Å²) in [4.78, 5) is 33.9. The van der Waals surface area contributed by atoms with Gasteiger partial charge in [-0.2, -0.15) is 0 Å². The van der Waals surface area contributed by atoms with Crippen LogP contribution in [0.25, 0.3) is 0 Å². The van der Waals surface area contributed by atoms with Gasteiger partial charge in [-0.15, -0.1) is 0 Å². The number of hydrogen-bond acceptors (Lipinski definition) is 7. The third-order valence-corrected chi connectivity index (χ3v) is 5.69. The Kier molecular flexibility index (Phi) is 6.81. The summed E-state index contributed by atoms with van der Waals surface area (Å²) in [6.45, 7) is 7.28. The normalized spacial score (nSPS) is 16.1. The van der Waals surface area contributed by atoms with Crippen LogP contribution >= 0.6 is 0 Å². The van der Waals surface area contributed by atoms with Gasteiger partial charge >= 0.3 is 6.09 Å². The van der Waals surface area contributed by atoms with Gasteiger partial charge in [-0.1, -0.05) is 6.07 Å². The summed E-state index contributed by atoms with van der Waals surface area (Å²) in [5.41, 5.74) is 0.661. The van der Waals surface area contributed by atoms with E-state index in [2.05, 4.69) is 4.98 Å². The molecule has 0 N–H and O–H groups in total. The lowest BCUT2D eigenvalue weighted by atomic mass is 9.94. The molecule has 3 heterocycles. The van der Waals surface area contributed by atoms with Crippen molar-refractivity contribution in [2.75, 3.05) is 38.3 Å². The molecule has 34 heavy (non-hydrogen) atoms. The number of hydrogen-bond donors (Lipinski definition) is 0. The Morgan fingerprint density at radius 1 is 1.12 bits per heavy atom. The molecule has 2 amide bonds. The van der Waals surface area contributed by atoms with Crippen LogP contribution in [-0.2, 0) is 9.53 Å². The smallest absolute Gasteiger partial charge is 0.410 e. The van der Waals surface area contributed by atoms with Gasteiger partial charge < -0.3 is 23.8 Å². The lowest BCUT2D eigenvalue weighted by molar-refractivity contribution is -0.123. The minimum absolute atomic E-state index is 0.0836. The molecule has 9 nitrogen and oxygen atoms in total. The second kappa shape index (κ2) is 9.79. The fourth-order valence-corrected chi connectivity index (χ4v) is 4.09. The van der Waals surface area contributed by atoms with Gasteiger partial charge in [0.15, 0.2) is 11.5 Å². The maximum Gasteiger partial charge on any atom is 0.410 e. The molecule has 0 saturated carbocycles. The van der Waals surface area contributed by atoms with Crippen molar-refractivity contribution < 1.29 is 28.5 Å². The predicted molar refractivity (Wildman–Crippen MR) is 126 cm³/mol. The number of nitrogens with zero attached hydrogens (tertiary/aromatic N) is 3. The molecule has 0 atom stereocenters. The molecule has 182 valence electrons. The summed E-state index contributed by atoms with van der Waals surface area (Å²) in [6.07, 6.45) is 2.32. The maximum atomic E-state index is 13.9. The first-order chi connectivity index (χ1) is 16.3. The van der Waals surface area contributed by atoms with Gasteiger partial charge in [0.1, 0.15) is 18.8 Å². The highest BCUT2D eigenvalue weighted by Crippen LogP contribution is 2.43. The number of piperidine rings is 1. The van der Waals surface area contributed by atoms with E-state index in [1.807, 2.05) is 39.0 Å². The maximum absolute atomic E-state index is 13.9. The Morgan fingerprint density at radius 3 is 2.56 bits per heavy atom. The molecule has 1 aromatic carbocycles. The van der Waals surface area contributed by atoms with Gasteiger partial charge in [0, 0.05) is 31.3 Å². The van der Waals surface area contributed by atoms with E-state index in [0.29, 0.717) is 67.9 Å². The number of fused-ring (bicyclic) bond motifs is 1. The molecule has 0 spiro atoms. The van der Waals surface area contributed by atoms with Crippen molar-refractivity contribution in [3.8, 4) is 17.4 Å².